The maximum absolute atomic E-state index is 5.87. The first kappa shape index (κ1) is 34.6. The number of hydrogen-bond donors (Lipinski definition) is 1. The summed E-state index contributed by atoms with van der Waals surface area (Å²) in [6, 6.07) is 0. The zero-order valence-corrected chi connectivity index (χ0v) is 25.7. The van der Waals surface area contributed by atoms with Crippen molar-refractivity contribution in [3.63, 3.8) is 0 Å². The van der Waals surface area contributed by atoms with E-state index in [9.17, 15) is 0 Å². The van der Waals surface area contributed by atoms with Crippen LogP contribution in [0.2, 0.25) is 0 Å². The van der Waals surface area contributed by atoms with Crippen molar-refractivity contribution in [1.82, 2.24) is 5.32 Å². The predicted octanol–water partition coefficient (Wildman–Crippen LogP) is 6.50. The van der Waals surface area contributed by atoms with Crippen molar-refractivity contribution in [2.24, 2.45) is 5.92 Å². The maximum atomic E-state index is 5.87. The minimum absolute atomic E-state index is 0.200. The summed E-state index contributed by atoms with van der Waals surface area (Å²) in [5, 5.41) is 3.24. The molecule has 1 atom stereocenters. The molecule has 37 heavy (non-hydrogen) atoms. The number of quaternary nitrogens is 1. The van der Waals surface area contributed by atoms with Crippen LogP contribution in [-0.2, 0) is 18.9 Å². The number of thiocarbonyl (C=S) groups is 1. The average molecular weight is 546 g/mol. The molecule has 0 bridgehead atoms. The van der Waals surface area contributed by atoms with Crippen LogP contribution in [0, 0.1) is 5.92 Å². The van der Waals surface area contributed by atoms with Gasteiger partial charge in [0.15, 0.2) is 0 Å². The van der Waals surface area contributed by atoms with Crippen LogP contribution in [0.3, 0.4) is 0 Å². The molecule has 220 valence electrons. The van der Waals surface area contributed by atoms with Gasteiger partial charge in [0.05, 0.1) is 54.2 Å². The molecule has 1 saturated carbocycles. The van der Waals surface area contributed by atoms with Crippen LogP contribution in [0.4, 0.5) is 0 Å². The highest BCUT2D eigenvalue weighted by molar-refractivity contribution is 7.80. The fourth-order valence-electron chi connectivity index (χ4n) is 4.84. The molecule has 1 unspecified atom stereocenters. The van der Waals surface area contributed by atoms with Crippen molar-refractivity contribution in [3.8, 4) is 0 Å². The highest BCUT2D eigenvalue weighted by atomic mass is 32.1. The normalized spacial score (nSPS) is 15.6. The minimum Gasteiger partial charge on any atom is -0.463 e. The Balaban J connectivity index is 1.92. The number of nitrogens with zero attached hydrogens (tertiary/aromatic N) is 1. The van der Waals surface area contributed by atoms with Gasteiger partial charge in [-0.1, -0.05) is 96.3 Å². The van der Waals surface area contributed by atoms with Gasteiger partial charge < -0.3 is 28.7 Å². The first-order valence-electron chi connectivity index (χ1n) is 15.3. The van der Waals surface area contributed by atoms with Crippen LogP contribution in [0.1, 0.15) is 103 Å². The van der Waals surface area contributed by atoms with E-state index in [1.165, 1.54) is 96.3 Å². The molecule has 0 radical (unpaired) electrons. The van der Waals surface area contributed by atoms with Gasteiger partial charge in [0.25, 0.3) is 5.17 Å². The van der Waals surface area contributed by atoms with E-state index >= 15 is 0 Å². The van der Waals surface area contributed by atoms with Gasteiger partial charge in [-0.3, -0.25) is 0 Å². The summed E-state index contributed by atoms with van der Waals surface area (Å²) in [6.45, 7) is 4.55. The van der Waals surface area contributed by atoms with E-state index in [1.54, 1.807) is 7.05 Å². The first-order chi connectivity index (χ1) is 17.9. The SMILES string of the molecule is CNC(=S)OC(COCCCCCCCCCCCCC1CCCCC1)COCCOCC[N+](C)(C)C. The lowest BCUT2D eigenvalue weighted by molar-refractivity contribution is -0.870. The summed E-state index contributed by atoms with van der Waals surface area (Å²) in [5.74, 6) is 1.06. The smallest absolute Gasteiger partial charge is 0.256 e. The monoisotopic (exact) mass is 545 g/mol. The summed E-state index contributed by atoms with van der Waals surface area (Å²) in [6.07, 6.45) is 22.3. The summed E-state index contributed by atoms with van der Waals surface area (Å²) in [5.41, 5.74) is 0. The lowest BCUT2D eigenvalue weighted by atomic mass is 9.85. The Bertz CT molecular complexity index is 524. The molecule has 0 aromatic heterocycles. The molecule has 0 spiro atoms. The Labute approximate surface area is 235 Å². The fraction of sp³-hybridized carbons (Fsp3) is 0.967. The second-order valence-electron chi connectivity index (χ2n) is 11.9. The topological polar surface area (TPSA) is 49.0 Å². The molecule has 0 amide bonds. The molecular weight excluding hydrogens is 484 g/mol. The molecule has 1 fully saturated rings. The van der Waals surface area contributed by atoms with Crippen LogP contribution in [0.15, 0.2) is 0 Å². The Morgan fingerprint density at radius 2 is 1.27 bits per heavy atom. The minimum atomic E-state index is -0.200. The summed E-state index contributed by atoms with van der Waals surface area (Å²) in [4.78, 5) is 0. The van der Waals surface area contributed by atoms with Gasteiger partial charge in [-0.05, 0) is 24.6 Å². The van der Waals surface area contributed by atoms with Gasteiger partial charge in [0, 0.05) is 13.7 Å². The summed E-state index contributed by atoms with van der Waals surface area (Å²) >= 11 is 5.16. The van der Waals surface area contributed by atoms with Crippen molar-refractivity contribution in [2.75, 3.05) is 74.4 Å². The van der Waals surface area contributed by atoms with E-state index < -0.39 is 0 Å². The number of unbranched alkanes of at least 4 members (excludes halogenated alkanes) is 9. The molecule has 0 aliphatic heterocycles. The molecule has 7 heteroatoms. The Morgan fingerprint density at radius 3 is 1.86 bits per heavy atom. The highest BCUT2D eigenvalue weighted by Crippen LogP contribution is 2.28. The second kappa shape index (κ2) is 23.4. The van der Waals surface area contributed by atoms with E-state index in [2.05, 4.69) is 26.5 Å². The van der Waals surface area contributed by atoms with Crippen molar-refractivity contribution in [2.45, 2.75) is 109 Å². The summed E-state index contributed by atoms with van der Waals surface area (Å²) < 4.78 is 23.9. The highest BCUT2D eigenvalue weighted by Gasteiger charge is 2.14. The molecular formula is C30H61N2O4S+. The van der Waals surface area contributed by atoms with E-state index in [1.807, 2.05) is 0 Å². The molecule has 0 heterocycles. The number of nitrogens with one attached hydrogen (secondary N) is 1. The molecule has 0 aromatic rings. The van der Waals surface area contributed by atoms with Crippen molar-refractivity contribution in [3.05, 3.63) is 0 Å². The third kappa shape index (κ3) is 23.2. The number of rotatable bonds is 24. The first-order valence-corrected chi connectivity index (χ1v) is 15.7. The van der Waals surface area contributed by atoms with Crippen LogP contribution in [0.5, 0.6) is 0 Å². The van der Waals surface area contributed by atoms with E-state index in [0.717, 1.165) is 36.6 Å². The van der Waals surface area contributed by atoms with Gasteiger partial charge in [0.1, 0.15) is 12.6 Å². The van der Waals surface area contributed by atoms with Crippen molar-refractivity contribution in [1.29, 1.82) is 0 Å². The lowest BCUT2D eigenvalue weighted by Gasteiger charge is -2.23. The third-order valence-corrected chi connectivity index (χ3v) is 7.54. The Kier molecular flexibility index (Phi) is 21.9. The number of hydrogen-bond acceptors (Lipinski definition) is 5. The van der Waals surface area contributed by atoms with E-state index in [-0.39, 0.29) is 6.10 Å². The Morgan fingerprint density at radius 1 is 0.730 bits per heavy atom. The van der Waals surface area contributed by atoms with Gasteiger partial charge >= 0.3 is 0 Å². The maximum Gasteiger partial charge on any atom is 0.256 e. The molecule has 1 aliphatic carbocycles. The molecule has 1 aliphatic rings. The zero-order chi connectivity index (χ0) is 27.0. The lowest BCUT2D eigenvalue weighted by Crippen LogP contribution is -2.37. The Hall–Kier alpha value is -0.470. The van der Waals surface area contributed by atoms with Crippen LogP contribution >= 0.6 is 12.2 Å². The molecule has 0 saturated heterocycles. The number of ether oxygens (including phenoxy) is 4. The molecule has 1 rings (SSSR count). The van der Waals surface area contributed by atoms with E-state index in [0.29, 0.717) is 31.6 Å². The standard InChI is InChI=1S/C30H60N2O4S/c1-31-30(37)36-29(27-35-25-24-33-23-21-32(2,3)4)26-34-22-17-12-10-8-6-5-7-9-11-14-18-28-19-15-13-16-20-28/h28-29H,5-27H2,1-4H3/p+1. The fourth-order valence-corrected chi connectivity index (χ4v) is 4.98. The third-order valence-electron chi connectivity index (χ3n) is 7.24. The van der Waals surface area contributed by atoms with Crippen molar-refractivity contribution < 1.29 is 23.4 Å². The van der Waals surface area contributed by atoms with Crippen molar-refractivity contribution >= 4 is 17.4 Å². The van der Waals surface area contributed by atoms with Gasteiger partial charge in [-0.15, -0.1) is 0 Å². The molecule has 0 aromatic carbocycles. The molecule has 6 nitrogen and oxygen atoms in total. The van der Waals surface area contributed by atoms with E-state index in [4.69, 9.17) is 31.2 Å². The van der Waals surface area contributed by atoms with Gasteiger partial charge in [0.2, 0.25) is 0 Å². The largest absolute Gasteiger partial charge is 0.463 e. The quantitative estimate of drug-likeness (QED) is 0.0848. The zero-order valence-electron chi connectivity index (χ0n) is 24.9. The number of likely N-dealkylation sites (N-methyl/N-ethyl adjacent to an activating group) is 1. The predicted molar refractivity (Wildman–Crippen MR) is 159 cm³/mol. The summed E-state index contributed by atoms with van der Waals surface area (Å²) in [7, 11) is 8.25. The average Bonchev–Trinajstić information content (AvgIpc) is 2.87. The van der Waals surface area contributed by atoms with Crippen LogP contribution in [0.25, 0.3) is 0 Å². The second-order valence-corrected chi connectivity index (χ2v) is 12.3. The van der Waals surface area contributed by atoms with Gasteiger partial charge in [-0.25, -0.2) is 0 Å². The van der Waals surface area contributed by atoms with Gasteiger partial charge in [-0.2, -0.15) is 0 Å². The van der Waals surface area contributed by atoms with Crippen LogP contribution < -0.4 is 5.32 Å². The van der Waals surface area contributed by atoms with Crippen LogP contribution in [-0.4, -0.2) is 90.1 Å². The molecule has 1 N–H and O–H groups in total.